The van der Waals surface area contributed by atoms with Gasteiger partial charge in [0.25, 0.3) is 0 Å². The van der Waals surface area contributed by atoms with Crippen LogP contribution in [0.4, 0.5) is 0 Å². The first-order valence-corrected chi connectivity index (χ1v) is 5.59. The summed E-state index contributed by atoms with van der Waals surface area (Å²) >= 11 is 7.84. The Bertz CT molecular complexity index is 350. The van der Waals surface area contributed by atoms with Crippen molar-refractivity contribution in [3.8, 4) is 5.75 Å². The molecular formula is C10H10ClIO2. The van der Waals surface area contributed by atoms with Crippen LogP contribution in [-0.2, 0) is 0 Å². The molecule has 1 rings (SSSR count). The van der Waals surface area contributed by atoms with E-state index in [4.69, 9.17) is 16.3 Å². The second-order valence-electron chi connectivity index (χ2n) is 2.83. The normalized spacial score (nSPS) is 12.3. The third-order valence-corrected chi connectivity index (χ3v) is 2.94. The summed E-state index contributed by atoms with van der Waals surface area (Å²) in [6.07, 6.45) is 0. The number of ketones is 1. The molecule has 2 nitrogen and oxygen atoms in total. The second-order valence-corrected chi connectivity index (χ2v) is 4.64. The van der Waals surface area contributed by atoms with Crippen molar-refractivity contribution in [2.45, 2.75) is 12.3 Å². The minimum atomic E-state index is -0.504. The van der Waals surface area contributed by atoms with E-state index in [0.717, 1.165) is 3.57 Å². The van der Waals surface area contributed by atoms with Crippen LogP contribution in [0.2, 0.25) is 0 Å². The lowest BCUT2D eigenvalue weighted by atomic mass is 10.1. The van der Waals surface area contributed by atoms with Crippen molar-refractivity contribution >= 4 is 40.0 Å². The van der Waals surface area contributed by atoms with Gasteiger partial charge < -0.3 is 4.74 Å². The summed E-state index contributed by atoms with van der Waals surface area (Å²) in [5.41, 5.74) is 0.618. The van der Waals surface area contributed by atoms with Crippen LogP contribution in [0.3, 0.4) is 0 Å². The fraction of sp³-hybridized carbons (Fsp3) is 0.300. The van der Waals surface area contributed by atoms with Gasteiger partial charge in [0.05, 0.1) is 12.5 Å². The maximum absolute atomic E-state index is 11.6. The molecule has 0 aromatic heterocycles. The fourth-order valence-electron chi connectivity index (χ4n) is 1.03. The lowest BCUT2D eigenvalue weighted by Crippen LogP contribution is -2.12. The molecule has 1 atom stereocenters. The molecule has 4 heteroatoms. The Morgan fingerprint density at radius 3 is 2.71 bits per heavy atom. The number of rotatable bonds is 3. The van der Waals surface area contributed by atoms with Crippen molar-refractivity contribution < 1.29 is 9.53 Å². The van der Waals surface area contributed by atoms with Crippen molar-refractivity contribution in [2.75, 3.05) is 7.11 Å². The molecule has 0 radical (unpaired) electrons. The molecule has 14 heavy (non-hydrogen) atoms. The molecule has 0 saturated heterocycles. The summed E-state index contributed by atoms with van der Waals surface area (Å²) in [6, 6.07) is 5.37. The molecule has 1 unspecified atom stereocenters. The molecule has 0 bridgehead atoms. The maximum Gasteiger partial charge on any atom is 0.181 e. The van der Waals surface area contributed by atoms with Gasteiger partial charge in [0.1, 0.15) is 5.75 Å². The van der Waals surface area contributed by atoms with Gasteiger partial charge in [-0.2, -0.15) is 0 Å². The molecule has 0 fully saturated rings. The van der Waals surface area contributed by atoms with Gasteiger partial charge in [0, 0.05) is 9.13 Å². The highest BCUT2D eigenvalue weighted by Gasteiger charge is 2.15. The Kier molecular flexibility index (Phi) is 4.19. The molecule has 0 heterocycles. The van der Waals surface area contributed by atoms with Gasteiger partial charge in [-0.05, 0) is 47.7 Å². The zero-order valence-electron chi connectivity index (χ0n) is 7.88. The summed E-state index contributed by atoms with van der Waals surface area (Å²) in [5.74, 6) is 0.598. The van der Waals surface area contributed by atoms with Crippen LogP contribution < -0.4 is 4.74 Å². The van der Waals surface area contributed by atoms with Crippen molar-refractivity contribution in [3.63, 3.8) is 0 Å². The molecule has 1 aromatic rings. The molecule has 1 aromatic carbocycles. The first-order chi connectivity index (χ1) is 6.56. The van der Waals surface area contributed by atoms with Crippen molar-refractivity contribution in [3.05, 3.63) is 27.3 Å². The summed E-state index contributed by atoms with van der Waals surface area (Å²) < 4.78 is 5.93. The molecule has 0 saturated carbocycles. The smallest absolute Gasteiger partial charge is 0.181 e. The molecule has 0 aliphatic rings. The maximum atomic E-state index is 11.6. The highest BCUT2D eigenvalue weighted by atomic mass is 127. The van der Waals surface area contributed by atoms with Crippen molar-refractivity contribution in [1.82, 2.24) is 0 Å². The van der Waals surface area contributed by atoms with E-state index in [0.29, 0.717) is 11.3 Å². The van der Waals surface area contributed by atoms with Gasteiger partial charge in [0.15, 0.2) is 5.78 Å². The minimum absolute atomic E-state index is 0.0741. The molecule has 0 spiro atoms. The number of ether oxygens (including phenoxy) is 1. The first-order valence-electron chi connectivity index (χ1n) is 4.08. The summed E-state index contributed by atoms with van der Waals surface area (Å²) in [4.78, 5) is 11.6. The molecular weight excluding hydrogens is 314 g/mol. The number of hydrogen-bond acceptors (Lipinski definition) is 2. The molecule has 0 aliphatic heterocycles. The fourth-order valence-corrected chi connectivity index (χ4v) is 1.75. The van der Waals surface area contributed by atoms with E-state index in [1.54, 1.807) is 20.1 Å². The number of carbonyl (C=O) groups excluding carboxylic acids is 1. The van der Waals surface area contributed by atoms with Crippen LogP contribution >= 0.6 is 34.2 Å². The summed E-state index contributed by atoms with van der Waals surface area (Å²) in [6.45, 7) is 1.67. The molecule has 76 valence electrons. The topological polar surface area (TPSA) is 26.3 Å². The number of hydrogen-bond donors (Lipinski definition) is 0. The van der Waals surface area contributed by atoms with Gasteiger partial charge in [-0.3, -0.25) is 4.79 Å². The van der Waals surface area contributed by atoms with E-state index < -0.39 is 5.38 Å². The van der Waals surface area contributed by atoms with Gasteiger partial charge in [-0.1, -0.05) is 0 Å². The predicted octanol–water partition coefficient (Wildman–Crippen LogP) is 3.11. The number of halogens is 2. The van der Waals surface area contributed by atoms with E-state index in [1.165, 1.54) is 0 Å². The molecule has 0 N–H and O–H groups in total. The average Bonchev–Trinajstić information content (AvgIpc) is 2.17. The third kappa shape index (κ3) is 2.60. The number of benzene rings is 1. The molecule has 0 aliphatic carbocycles. The highest BCUT2D eigenvalue weighted by Crippen LogP contribution is 2.21. The van der Waals surface area contributed by atoms with Crippen LogP contribution in [0.15, 0.2) is 18.2 Å². The Morgan fingerprint density at radius 2 is 2.21 bits per heavy atom. The highest BCUT2D eigenvalue weighted by molar-refractivity contribution is 14.1. The minimum Gasteiger partial charge on any atom is -0.497 e. The quantitative estimate of drug-likeness (QED) is 0.485. The number of methoxy groups -OCH3 is 1. The van der Waals surface area contributed by atoms with Gasteiger partial charge in [0.2, 0.25) is 0 Å². The summed E-state index contributed by atoms with van der Waals surface area (Å²) in [5, 5.41) is -0.504. The Labute approximate surface area is 102 Å². The molecule has 0 amide bonds. The zero-order chi connectivity index (χ0) is 10.7. The van der Waals surface area contributed by atoms with Crippen LogP contribution in [0.1, 0.15) is 17.3 Å². The standard InChI is InChI=1S/C10H10ClIO2/c1-6(11)10(13)8-5-7(14-2)3-4-9(8)12/h3-6H,1-2H3. The van der Waals surface area contributed by atoms with Crippen molar-refractivity contribution in [1.29, 1.82) is 0 Å². The lowest BCUT2D eigenvalue weighted by Gasteiger charge is -2.07. The number of alkyl halides is 1. The SMILES string of the molecule is COc1ccc(I)c(C(=O)C(C)Cl)c1. The number of carbonyl (C=O) groups is 1. The van der Waals surface area contributed by atoms with Crippen molar-refractivity contribution in [2.24, 2.45) is 0 Å². The van der Waals surface area contributed by atoms with E-state index in [-0.39, 0.29) is 5.78 Å². The third-order valence-electron chi connectivity index (χ3n) is 1.80. The summed E-state index contributed by atoms with van der Waals surface area (Å²) in [7, 11) is 1.57. The van der Waals surface area contributed by atoms with Gasteiger partial charge in [-0.15, -0.1) is 11.6 Å². The predicted molar refractivity (Wildman–Crippen MR) is 65.4 cm³/mol. The zero-order valence-corrected chi connectivity index (χ0v) is 10.8. The van der Waals surface area contributed by atoms with E-state index in [1.807, 2.05) is 12.1 Å². The Balaban J connectivity index is 3.12. The lowest BCUT2D eigenvalue weighted by molar-refractivity contribution is 0.0990. The first kappa shape index (κ1) is 11.8. The van der Waals surface area contributed by atoms with E-state index in [9.17, 15) is 4.79 Å². The monoisotopic (exact) mass is 324 g/mol. The largest absolute Gasteiger partial charge is 0.497 e. The van der Waals surface area contributed by atoms with Crippen LogP contribution in [0.25, 0.3) is 0 Å². The van der Waals surface area contributed by atoms with E-state index >= 15 is 0 Å². The van der Waals surface area contributed by atoms with Crippen LogP contribution in [0, 0.1) is 3.57 Å². The van der Waals surface area contributed by atoms with Gasteiger partial charge >= 0.3 is 0 Å². The second kappa shape index (κ2) is 4.98. The number of Topliss-reactive ketones (excluding diaryl/α,β-unsaturated/α-hetero) is 1. The van der Waals surface area contributed by atoms with E-state index in [2.05, 4.69) is 22.6 Å². The van der Waals surface area contributed by atoms with Crippen LogP contribution in [0.5, 0.6) is 5.75 Å². The van der Waals surface area contributed by atoms with Crippen LogP contribution in [-0.4, -0.2) is 18.3 Å². The Morgan fingerprint density at radius 1 is 1.57 bits per heavy atom. The average molecular weight is 325 g/mol. The van der Waals surface area contributed by atoms with Gasteiger partial charge in [-0.25, -0.2) is 0 Å². The Hall–Kier alpha value is -0.290.